The number of terminal acetylenes is 1. The molecule has 0 aliphatic heterocycles. The quantitative estimate of drug-likeness (QED) is 0.519. The van der Waals surface area contributed by atoms with Crippen LogP contribution in [0, 0.1) is 12.3 Å². The van der Waals surface area contributed by atoms with Crippen LogP contribution in [0.1, 0.15) is 33.6 Å². The highest BCUT2D eigenvalue weighted by Crippen LogP contribution is 2.14. The number of carboxylic acid groups (broad SMARTS) is 1. The number of rotatable bonds is 6. The van der Waals surface area contributed by atoms with Gasteiger partial charge in [0.15, 0.2) is 0 Å². The molecule has 0 heterocycles. The van der Waals surface area contributed by atoms with Gasteiger partial charge in [-0.15, -0.1) is 12.3 Å². The van der Waals surface area contributed by atoms with Crippen molar-refractivity contribution in [2.24, 2.45) is 0 Å². The van der Waals surface area contributed by atoms with Gasteiger partial charge in [-0.25, -0.2) is 0 Å². The van der Waals surface area contributed by atoms with Crippen molar-refractivity contribution in [3.05, 3.63) is 0 Å². The predicted molar refractivity (Wildman–Crippen MR) is 57.0 cm³/mol. The molecule has 0 rings (SSSR count). The second kappa shape index (κ2) is 5.66. The molecule has 0 saturated heterocycles. The highest BCUT2D eigenvalue weighted by molar-refractivity contribution is 5.77. The summed E-state index contributed by atoms with van der Waals surface area (Å²) in [5, 5.41) is 9.02. The fourth-order valence-electron chi connectivity index (χ4n) is 1.34. The van der Waals surface area contributed by atoms with Crippen molar-refractivity contribution >= 4 is 5.97 Å². The third kappa shape index (κ3) is 3.39. The fourth-order valence-corrected chi connectivity index (χ4v) is 1.34. The lowest BCUT2D eigenvalue weighted by molar-refractivity contribution is -0.149. The monoisotopic (exact) mass is 197 g/mol. The fraction of sp³-hybridized carbons (Fsp3) is 0.727. The average molecular weight is 197 g/mol. The minimum atomic E-state index is -0.802. The lowest BCUT2D eigenvalue weighted by Gasteiger charge is -2.33. The SMILES string of the molecule is C#CCCCN(CC)C(C)(C)C(=O)O. The van der Waals surface area contributed by atoms with E-state index in [2.05, 4.69) is 5.92 Å². The van der Waals surface area contributed by atoms with Crippen LogP contribution in [0.15, 0.2) is 0 Å². The minimum Gasteiger partial charge on any atom is -0.480 e. The van der Waals surface area contributed by atoms with Crippen molar-refractivity contribution in [1.29, 1.82) is 0 Å². The summed E-state index contributed by atoms with van der Waals surface area (Å²) in [7, 11) is 0. The Kier molecular flexibility index (Phi) is 5.26. The molecule has 80 valence electrons. The standard InChI is InChI=1S/C11H19NO2/c1-5-7-8-9-12(6-2)11(3,4)10(13)14/h1H,6-9H2,2-4H3,(H,13,14). The van der Waals surface area contributed by atoms with Gasteiger partial charge in [0.05, 0.1) is 0 Å². The Morgan fingerprint density at radius 3 is 2.50 bits per heavy atom. The van der Waals surface area contributed by atoms with Crippen LogP contribution in [0.4, 0.5) is 0 Å². The van der Waals surface area contributed by atoms with Crippen LogP contribution < -0.4 is 0 Å². The molecule has 0 amide bonds. The smallest absolute Gasteiger partial charge is 0.323 e. The molecular weight excluding hydrogens is 178 g/mol. The number of nitrogens with zero attached hydrogens (tertiary/aromatic N) is 1. The molecule has 14 heavy (non-hydrogen) atoms. The molecule has 0 aromatic heterocycles. The minimum absolute atomic E-state index is 0.701. The van der Waals surface area contributed by atoms with Crippen LogP contribution in [-0.2, 0) is 4.79 Å². The van der Waals surface area contributed by atoms with E-state index in [9.17, 15) is 4.79 Å². The van der Waals surface area contributed by atoms with Crippen molar-refractivity contribution in [1.82, 2.24) is 4.90 Å². The Hall–Kier alpha value is -1.01. The lowest BCUT2D eigenvalue weighted by atomic mass is 10.0. The third-order valence-electron chi connectivity index (χ3n) is 2.44. The molecule has 0 aromatic rings. The molecule has 3 nitrogen and oxygen atoms in total. The van der Waals surface area contributed by atoms with E-state index < -0.39 is 11.5 Å². The van der Waals surface area contributed by atoms with Gasteiger partial charge in [-0.1, -0.05) is 6.92 Å². The number of aliphatic carboxylic acids is 1. The Balaban J connectivity index is 4.26. The first-order valence-corrected chi connectivity index (χ1v) is 4.88. The van der Waals surface area contributed by atoms with Gasteiger partial charge in [0.1, 0.15) is 5.54 Å². The molecule has 3 heteroatoms. The van der Waals surface area contributed by atoms with Crippen LogP contribution in [-0.4, -0.2) is 34.6 Å². The number of unbranched alkanes of at least 4 members (excludes halogenated alkanes) is 1. The molecule has 0 bridgehead atoms. The van der Waals surface area contributed by atoms with Gasteiger partial charge in [-0.3, -0.25) is 9.69 Å². The molecule has 0 spiro atoms. The predicted octanol–water partition coefficient (Wildman–Crippen LogP) is 1.58. The van der Waals surface area contributed by atoms with Crippen molar-refractivity contribution in [2.45, 2.75) is 39.2 Å². The van der Waals surface area contributed by atoms with E-state index in [4.69, 9.17) is 11.5 Å². The zero-order valence-corrected chi connectivity index (χ0v) is 9.21. The molecule has 0 aliphatic carbocycles. The molecule has 0 atom stereocenters. The maximum atomic E-state index is 11.0. The van der Waals surface area contributed by atoms with Crippen molar-refractivity contribution in [3.63, 3.8) is 0 Å². The van der Waals surface area contributed by atoms with Gasteiger partial charge >= 0.3 is 5.97 Å². The van der Waals surface area contributed by atoms with Crippen molar-refractivity contribution < 1.29 is 9.90 Å². The first kappa shape index (κ1) is 13.0. The molecule has 0 radical (unpaired) electrons. The lowest BCUT2D eigenvalue weighted by Crippen LogP contribution is -2.50. The maximum Gasteiger partial charge on any atom is 0.323 e. The van der Waals surface area contributed by atoms with E-state index in [1.165, 1.54) is 0 Å². The summed E-state index contributed by atoms with van der Waals surface area (Å²) >= 11 is 0. The average Bonchev–Trinajstić information content (AvgIpc) is 2.12. The summed E-state index contributed by atoms with van der Waals surface area (Å²) < 4.78 is 0. The summed E-state index contributed by atoms with van der Waals surface area (Å²) in [6, 6.07) is 0. The van der Waals surface area contributed by atoms with E-state index in [-0.39, 0.29) is 0 Å². The zero-order valence-electron chi connectivity index (χ0n) is 9.21. The highest BCUT2D eigenvalue weighted by atomic mass is 16.4. The van der Waals surface area contributed by atoms with Crippen LogP contribution in [0.3, 0.4) is 0 Å². The summed E-state index contributed by atoms with van der Waals surface area (Å²) in [5.41, 5.74) is -0.802. The Bertz CT molecular complexity index is 228. The maximum absolute atomic E-state index is 11.0. The number of hydrogen-bond donors (Lipinski definition) is 1. The molecule has 1 N–H and O–H groups in total. The summed E-state index contributed by atoms with van der Waals surface area (Å²) in [4.78, 5) is 12.9. The molecular formula is C11H19NO2. The van der Waals surface area contributed by atoms with E-state index in [1.807, 2.05) is 11.8 Å². The second-order valence-corrected chi connectivity index (χ2v) is 3.75. The Labute approximate surface area is 86.1 Å². The van der Waals surface area contributed by atoms with Crippen LogP contribution in [0.5, 0.6) is 0 Å². The van der Waals surface area contributed by atoms with Gasteiger partial charge in [0, 0.05) is 13.0 Å². The number of carboxylic acids is 1. The van der Waals surface area contributed by atoms with Crippen LogP contribution in [0.2, 0.25) is 0 Å². The normalized spacial score (nSPS) is 11.4. The van der Waals surface area contributed by atoms with Gasteiger partial charge in [0.25, 0.3) is 0 Å². The topological polar surface area (TPSA) is 40.5 Å². The molecule has 0 aliphatic rings. The first-order valence-electron chi connectivity index (χ1n) is 4.88. The van der Waals surface area contributed by atoms with Gasteiger partial charge in [-0.05, 0) is 26.8 Å². The van der Waals surface area contributed by atoms with Gasteiger partial charge < -0.3 is 5.11 Å². The Morgan fingerprint density at radius 2 is 2.14 bits per heavy atom. The van der Waals surface area contributed by atoms with Crippen molar-refractivity contribution in [3.8, 4) is 12.3 Å². The molecule has 0 saturated carbocycles. The molecule has 0 fully saturated rings. The number of carbonyl (C=O) groups is 1. The summed E-state index contributed by atoms with van der Waals surface area (Å²) in [6.07, 6.45) is 6.69. The molecule has 0 unspecified atom stereocenters. The largest absolute Gasteiger partial charge is 0.480 e. The second-order valence-electron chi connectivity index (χ2n) is 3.75. The van der Waals surface area contributed by atoms with E-state index in [1.54, 1.807) is 13.8 Å². The highest BCUT2D eigenvalue weighted by Gasteiger charge is 2.32. The number of hydrogen-bond acceptors (Lipinski definition) is 2. The molecule has 0 aromatic carbocycles. The van der Waals surface area contributed by atoms with E-state index in [0.29, 0.717) is 6.42 Å². The van der Waals surface area contributed by atoms with Crippen LogP contribution in [0.25, 0.3) is 0 Å². The zero-order chi connectivity index (χ0) is 11.2. The Morgan fingerprint density at radius 1 is 1.57 bits per heavy atom. The van der Waals surface area contributed by atoms with E-state index in [0.717, 1.165) is 19.5 Å². The third-order valence-corrected chi connectivity index (χ3v) is 2.44. The first-order chi connectivity index (χ1) is 6.46. The van der Waals surface area contributed by atoms with E-state index >= 15 is 0 Å². The summed E-state index contributed by atoms with van der Waals surface area (Å²) in [5.74, 6) is 1.76. The number of likely N-dealkylation sites (N-methyl/N-ethyl adjacent to an activating group) is 1. The van der Waals surface area contributed by atoms with Crippen molar-refractivity contribution in [2.75, 3.05) is 13.1 Å². The van der Waals surface area contributed by atoms with Crippen LogP contribution >= 0.6 is 0 Å². The van der Waals surface area contributed by atoms with Gasteiger partial charge in [-0.2, -0.15) is 0 Å². The summed E-state index contributed by atoms with van der Waals surface area (Å²) in [6.45, 7) is 6.86. The van der Waals surface area contributed by atoms with Gasteiger partial charge in [0.2, 0.25) is 0 Å².